The highest BCUT2D eigenvalue weighted by atomic mass is 16.3. The maximum Gasteiger partial charge on any atom is 0.0804 e. The largest absolute Gasteiger partial charge is 0.393 e. The van der Waals surface area contributed by atoms with Crippen molar-refractivity contribution in [2.24, 2.45) is 56.7 Å². The van der Waals surface area contributed by atoms with E-state index in [2.05, 4.69) is 55.4 Å². The molecule has 5 aliphatic rings. The minimum absolute atomic E-state index is 0.0271. The fourth-order valence-corrected chi connectivity index (χ4v) is 11.3. The van der Waals surface area contributed by atoms with Gasteiger partial charge in [0.05, 0.1) is 18.3 Å². The van der Waals surface area contributed by atoms with Crippen LogP contribution in [-0.2, 0) is 0 Å². The molecule has 0 bridgehead atoms. The van der Waals surface area contributed by atoms with Crippen molar-refractivity contribution >= 4 is 0 Å². The Hall–Kier alpha value is -0.380. The number of aliphatic hydroxyl groups is 3. The van der Waals surface area contributed by atoms with Gasteiger partial charge in [0.25, 0.3) is 0 Å². The van der Waals surface area contributed by atoms with Crippen LogP contribution in [0.1, 0.15) is 100 Å². The lowest BCUT2D eigenvalue weighted by Crippen LogP contribution is -2.70. The van der Waals surface area contributed by atoms with E-state index >= 15 is 0 Å². The Morgan fingerprint density at radius 2 is 1.45 bits per heavy atom. The zero-order valence-electron chi connectivity index (χ0n) is 22.5. The molecule has 5 aliphatic carbocycles. The minimum Gasteiger partial charge on any atom is -0.393 e. The van der Waals surface area contributed by atoms with Gasteiger partial charge in [-0.15, -0.1) is 0 Å². The predicted octanol–water partition coefficient (Wildman–Crippen LogP) is 5.97. The van der Waals surface area contributed by atoms with Gasteiger partial charge in [0.1, 0.15) is 0 Å². The van der Waals surface area contributed by atoms with E-state index in [1.165, 1.54) is 31.3 Å². The molecule has 0 unspecified atom stereocenters. The first-order chi connectivity index (χ1) is 15.2. The monoisotopic (exact) mass is 458 g/mol. The summed E-state index contributed by atoms with van der Waals surface area (Å²) in [7, 11) is 0. The van der Waals surface area contributed by atoms with Crippen molar-refractivity contribution in [2.75, 3.05) is 0 Å². The fourth-order valence-electron chi connectivity index (χ4n) is 11.3. The molecule has 0 heterocycles. The van der Waals surface area contributed by atoms with Crippen LogP contribution < -0.4 is 0 Å². The molecule has 188 valence electrons. The molecule has 4 saturated carbocycles. The van der Waals surface area contributed by atoms with Gasteiger partial charge in [-0.2, -0.15) is 0 Å². The Balaban J connectivity index is 1.59. The van der Waals surface area contributed by atoms with Crippen molar-refractivity contribution in [3.05, 3.63) is 11.6 Å². The third kappa shape index (κ3) is 2.74. The van der Waals surface area contributed by atoms with Crippen LogP contribution in [0.5, 0.6) is 0 Å². The third-order valence-corrected chi connectivity index (χ3v) is 13.7. The van der Waals surface area contributed by atoms with E-state index in [-0.39, 0.29) is 27.8 Å². The standard InChI is InChI=1S/C30H50O3/c1-17-15-23(32)30(8)24(33)16-29(7)19(25(30)18(17)2)9-10-21-27(5)13-12-22(31)26(3,4)20(27)11-14-28(21,29)6/h15,18-25,31-33H,9-14,16H2,1-8H3/t18-,19-,20+,21-,22+,23+,24+,25-,27+,28-,29-,30-/m1/s1. The maximum absolute atomic E-state index is 11.7. The molecular formula is C30H50O3. The first kappa shape index (κ1) is 24.3. The molecule has 3 N–H and O–H groups in total. The number of allylic oxidation sites excluding steroid dienone is 1. The molecule has 0 aliphatic heterocycles. The molecule has 0 saturated heterocycles. The second-order valence-electron chi connectivity index (χ2n) is 14.8. The van der Waals surface area contributed by atoms with E-state index < -0.39 is 17.6 Å². The van der Waals surface area contributed by atoms with Gasteiger partial charge in [-0.1, -0.05) is 60.1 Å². The molecule has 0 aromatic carbocycles. The molecule has 0 radical (unpaired) electrons. The average molecular weight is 459 g/mol. The van der Waals surface area contributed by atoms with Gasteiger partial charge in [-0.05, 0) is 103 Å². The number of aliphatic hydroxyl groups excluding tert-OH is 3. The lowest BCUT2D eigenvalue weighted by atomic mass is 9.31. The van der Waals surface area contributed by atoms with E-state index in [1.54, 1.807) is 0 Å². The van der Waals surface area contributed by atoms with E-state index in [1.807, 2.05) is 6.08 Å². The van der Waals surface area contributed by atoms with Gasteiger partial charge >= 0.3 is 0 Å². The molecule has 5 rings (SSSR count). The van der Waals surface area contributed by atoms with Gasteiger partial charge in [0.15, 0.2) is 0 Å². The second-order valence-corrected chi connectivity index (χ2v) is 14.8. The van der Waals surface area contributed by atoms with Crippen molar-refractivity contribution in [3.8, 4) is 0 Å². The Kier molecular flexibility index (Phi) is 5.23. The summed E-state index contributed by atoms with van der Waals surface area (Å²) >= 11 is 0. The third-order valence-electron chi connectivity index (χ3n) is 13.7. The first-order valence-electron chi connectivity index (χ1n) is 13.9. The van der Waals surface area contributed by atoms with Crippen LogP contribution in [-0.4, -0.2) is 33.6 Å². The van der Waals surface area contributed by atoms with Crippen LogP contribution in [0.25, 0.3) is 0 Å². The van der Waals surface area contributed by atoms with Crippen molar-refractivity contribution < 1.29 is 15.3 Å². The smallest absolute Gasteiger partial charge is 0.0804 e. The van der Waals surface area contributed by atoms with Crippen LogP contribution in [0, 0.1) is 56.7 Å². The Morgan fingerprint density at radius 3 is 2.12 bits per heavy atom. The molecule has 33 heavy (non-hydrogen) atoms. The zero-order valence-corrected chi connectivity index (χ0v) is 22.5. The highest BCUT2D eigenvalue weighted by Gasteiger charge is 2.71. The summed E-state index contributed by atoms with van der Waals surface area (Å²) in [6, 6.07) is 0. The van der Waals surface area contributed by atoms with E-state index in [4.69, 9.17) is 0 Å². The highest BCUT2D eigenvalue weighted by molar-refractivity contribution is 5.26. The summed E-state index contributed by atoms with van der Waals surface area (Å²) < 4.78 is 0. The number of hydrogen-bond acceptors (Lipinski definition) is 3. The summed E-state index contributed by atoms with van der Waals surface area (Å²) in [5, 5.41) is 33.8. The van der Waals surface area contributed by atoms with Crippen LogP contribution in [0.15, 0.2) is 11.6 Å². The molecule has 0 aromatic heterocycles. The normalized spacial score (nSPS) is 60.0. The molecule has 0 amide bonds. The molecule has 3 heteroatoms. The molecule has 0 aromatic rings. The SMILES string of the molecule is CC1=C[C@H](O)[C@@]2(C)[C@H]([C@@H]1C)[C@H]1CC[C@@H]3[C@@]4(C)CC[C@H](O)C(C)(C)[C@@H]4CC[C@@]3(C)[C@]1(C)C[C@@H]2O. The van der Waals surface area contributed by atoms with Crippen LogP contribution in [0.3, 0.4) is 0 Å². The molecule has 0 spiro atoms. The molecular weight excluding hydrogens is 408 g/mol. The highest BCUT2D eigenvalue weighted by Crippen LogP contribution is 2.76. The fraction of sp³-hybridized carbons (Fsp3) is 0.933. The number of fused-ring (bicyclic) bond motifs is 7. The Bertz CT molecular complexity index is 847. The Morgan fingerprint density at radius 1 is 0.788 bits per heavy atom. The summed E-state index contributed by atoms with van der Waals surface area (Å²) in [5.41, 5.74) is 1.32. The molecule has 3 nitrogen and oxygen atoms in total. The summed E-state index contributed by atoms with van der Waals surface area (Å²) in [6.45, 7) is 19.0. The lowest BCUT2D eigenvalue weighted by molar-refractivity contribution is -0.276. The molecule has 12 atom stereocenters. The van der Waals surface area contributed by atoms with Gasteiger partial charge in [0, 0.05) is 5.41 Å². The van der Waals surface area contributed by atoms with E-state index in [0.29, 0.717) is 29.6 Å². The minimum atomic E-state index is -0.558. The van der Waals surface area contributed by atoms with E-state index in [0.717, 1.165) is 19.3 Å². The predicted molar refractivity (Wildman–Crippen MR) is 133 cm³/mol. The summed E-state index contributed by atoms with van der Waals surface area (Å²) in [4.78, 5) is 0. The van der Waals surface area contributed by atoms with Gasteiger partial charge in [-0.3, -0.25) is 0 Å². The summed E-state index contributed by atoms with van der Waals surface area (Å²) in [6.07, 6.45) is 8.51. The van der Waals surface area contributed by atoms with Crippen molar-refractivity contribution in [1.82, 2.24) is 0 Å². The van der Waals surface area contributed by atoms with Gasteiger partial charge in [0.2, 0.25) is 0 Å². The quantitative estimate of drug-likeness (QED) is 0.392. The second kappa shape index (κ2) is 7.10. The van der Waals surface area contributed by atoms with Crippen LogP contribution >= 0.6 is 0 Å². The lowest BCUT2D eigenvalue weighted by Gasteiger charge is -2.74. The van der Waals surface area contributed by atoms with Gasteiger partial charge < -0.3 is 15.3 Å². The molecule has 4 fully saturated rings. The average Bonchev–Trinajstić information content (AvgIpc) is 2.71. The van der Waals surface area contributed by atoms with Crippen molar-refractivity contribution in [3.63, 3.8) is 0 Å². The maximum atomic E-state index is 11.7. The number of hydrogen-bond donors (Lipinski definition) is 3. The summed E-state index contributed by atoms with van der Waals surface area (Å²) in [5.74, 6) is 2.44. The van der Waals surface area contributed by atoms with Crippen molar-refractivity contribution in [2.45, 2.75) is 119 Å². The van der Waals surface area contributed by atoms with Crippen LogP contribution in [0.2, 0.25) is 0 Å². The van der Waals surface area contributed by atoms with Crippen LogP contribution in [0.4, 0.5) is 0 Å². The van der Waals surface area contributed by atoms with E-state index in [9.17, 15) is 15.3 Å². The Labute approximate surface area is 202 Å². The zero-order chi connectivity index (χ0) is 24.4. The topological polar surface area (TPSA) is 60.7 Å². The first-order valence-corrected chi connectivity index (χ1v) is 13.9. The van der Waals surface area contributed by atoms with Crippen molar-refractivity contribution in [1.29, 1.82) is 0 Å². The number of rotatable bonds is 0. The van der Waals surface area contributed by atoms with Gasteiger partial charge in [-0.25, -0.2) is 0 Å².